The van der Waals surface area contributed by atoms with Crippen LogP contribution in [0.3, 0.4) is 0 Å². The van der Waals surface area contributed by atoms with Crippen molar-refractivity contribution >= 4 is 11.8 Å². The van der Waals surface area contributed by atoms with Gasteiger partial charge in [-0.15, -0.1) is 0 Å². The van der Waals surface area contributed by atoms with E-state index >= 15 is 0 Å². The Bertz CT molecular complexity index is 117. The summed E-state index contributed by atoms with van der Waals surface area (Å²) in [5.74, 6) is 0. The Morgan fingerprint density at radius 2 is 2.09 bits per heavy atom. The molecule has 0 N–H and O–H groups in total. The molecule has 0 bridgehead atoms. The first kappa shape index (κ1) is 10.8. The minimum atomic E-state index is 0.576. The molecule has 0 rings (SSSR count). The number of rotatable bonds is 6. The fourth-order valence-electron chi connectivity index (χ4n) is 1.04. The van der Waals surface area contributed by atoms with Gasteiger partial charge in [0.05, 0.1) is 0 Å². The molecule has 1 nitrogen and oxygen atoms in total. The maximum Gasteiger partial charge on any atom is 0.133 e. The van der Waals surface area contributed by atoms with Crippen LogP contribution in [0.5, 0.6) is 0 Å². The summed E-state index contributed by atoms with van der Waals surface area (Å²) in [4.78, 5) is 0. The van der Waals surface area contributed by atoms with Crippen molar-refractivity contribution < 1.29 is 0 Å². The van der Waals surface area contributed by atoms with Crippen molar-refractivity contribution in [3.8, 4) is 5.40 Å². The van der Waals surface area contributed by atoms with Crippen molar-refractivity contribution in [2.75, 3.05) is 0 Å². The second-order valence-corrected chi connectivity index (χ2v) is 3.82. The molecule has 0 aliphatic carbocycles. The van der Waals surface area contributed by atoms with Gasteiger partial charge in [-0.25, -0.2) is 0 Å². The van der Waals surface area contributed by atoms with E-state index in [-0.39, 0.29) is 0 Å². The van der Waals surface area contributed by atoms with Gasteiger partial charge < -0.3 is 0 Å². The molecule has 0 aliphatic rings. The number of hydrogen-bond donors (Lipinski definition) is 0. The van der Waals surface area contributed by atoms with Crippen LogP contribution < -0.4 is 0 Å². The number of nitriles is 1. The number of thiocyanates is 1. The van der Waals surface area contributed by atoms with Crippen LogP contribution in [-0.4, -0.2) is 5.25 Å². The predicted octanol–water partition coefficient (Wildman–Crippen LogP) is 3.56. The fourth-order valence-corrected chi connectivity index (χ4v) is 1.64. The highest BCUT2D eigenvalue weighted by atomic mass is 32.2. The van der Waals surface area contributed by atoms with Crippen LogP contribution in [0.15, 0.2) is 0 Å². The molecule has 1 atom stereocenters. The molecule has 0 aromatic rings. The lowest BCUT2D eigenvalue weighted by Gasteiger charge is -2.07. The second kappa shape index (κ2) is 7.94. The molecule has 0 aromatic heterocycles. The molecule has 64 valence electrons. The molecular weight excluding hydrogens is 154 g/mol. The average Bonchev–Trinajstić information content (AvgIpc) is 2.03. The summed E-state index contributed by atoms with van der Waals surface area (Å²) in [6, 6.07) is 0. The van der Waals surface area contributed by atoms with Crippen molar-refractivity contribution in [1.29, 1.82) is 5.26 Å². The average molecular weight is 171 g/mol. The second-order valence-electron chi connectivity index (χ2n) is 2.74. The monoisotopic (exact) mass is 171 g/mol. The van der Waals surface area contributed by atoms with Gasteiger partial charge in [-0.1, -0.05) is 33.1 Å². The van der Waals surface area contributed by atoms with E-state index in [0.717, 1.165) is 6.42 Å². The van der Waals surface area contributed by atoms with Crippen LogP contribution in [0.2, 0.25) is 0 Å². The lowest BCUT2D eigenvalue weighted by atomic mass is 10.1. The third kappa shape index (κ3) is 6.25. The molecule has 0 radical (unpaired) electrons. The highest BCUT2D eigenvalue weighted by molar-refractivity contribution is 8.04. The van der Waals surface area contributed by atoms with E-state index in [2.05, 4.69) is 19.2 Å². The predicted molar refractivity (Wildman–Crippen MR) is 51.4 cm³/mol. The van der Waals surface area contributed by atoms with Gasteiger partial charge in [-0.3, -0.25) is 0 Å². The normalized spacial score (nSPS) is 12.5. The molecule has 2 heteroatoms. The van der Waals surface area contributed by atoms with Gasteiger partial charge in [0, 0.05) is 5.25 Å². The summed E-state index contributed by atoms with van der Waals surface area (Å²) >= 11 is 1.43. The minimum absolute atomic E-state index is 0.576. The molecule has 0 spiro atoms. The van der Waals surface area contributed by atoms with Crippen LogP contribution in [0.4, 0.5) is 0 Å². The number of hydrogen-bond acceptors (Lipinski definition) is 2. The highest BCUT2D eigenvalue weighted by Crippen LogP contribution is 2.19. The van der Waals surface area contributed by atoms with Gasteiger partial charge in [-0.05, 0) is 24.6 Å². The van der Waals surface area contributed by atoms with Gasteiger partial charge in [0.2, 0.25) is 0 Å². The fraction of sp³-hybridized carbons (Fsp3) is 0.889. The van der Waals surface area contributed by atoms with Crippen molar-refractivity contribution in [2.24, 2.45) is 0 Å². The number of unbranched alkanes of at least 4 members (excludes halogenated alkanes) is 2. The molecule has 11 heavy (non-hydrogen) atoms. The van der Waals surface area contributed by atoms with Crippen molar-refractivity contribution in [1.82, 2.24) is 0 Å². The molecule has 0 heterocycles. The largest absolute Gasteiger partial charge is 0.185 e. The molecule has 0 saturated heterocycles. The molecule has 0 fully saturated rings. The third-order valence-electron chi connectivity index (χ3n) is 1.80. The molecule has 0 aromatic carbocycles. The Labute approximate surface area is 74.2 Å². The van der Waals surface area contributed by atoms with E-state index in [1.165, 1.54) is 37.4 Å². The van der Waals surface area contributed by atoms with E-state index < -0.39 is 0 Å². The van der Waals surface area contributed by atoms with Gasteiger partial charge in [0.1, 0.15) is 5.40 Å². The van der Waals surface area contributed by atoms with Crippen molar-refractivity contribution in [3.05, 3.63) is 0 Å². The Hall–Kier alpha value is -0.160. The molecule has 0 saturated carbocycles. The number of thioether (sulfide) groups is 1. The molecule has 1 unspecified atom stereocenters. The summed E-state index contributed by atoms with van der Waals surface area (Å²) in [5.41, 5.74) is 0. The third-order valence-corrected chi connectivity index (χ3v) is 2.81. The van der Waals surface area contributed by atoms with Crippen molar-refractivity contribution in [2.45, 2.75) is 51.2 Å². The first-order valence-corrected chi connectivity index (χ1v) is 5.27. The topological polar surface area (TPSA) is 23.8 Å². The number of nitrogens with zero attached hydrogens (tertiary/aromatic N) is 1. The summed E-state index contributed by atoms with van der Waals surface area (Å²) in [6.45, 7) is 4.36. The molecule has 0 aliphatic heterocycles. The van der Waals surface area contributed by atoms with Crippen LogP contribution in [-0.2, 0) is 0 Å². The van der Waals surface area contributed by atoms with Gasteiger partial charge in [0.15, 0.2) is 0 Å². The maximum absolute atomic E-state index is 8.44. The lowest BCUT2D eigenvalue weighted by Crippen LogP contribution is -1.98. The first-order chi connectivity index (χ1) is 5.35. The maximum atomic E-state index is 8.44. The quantitative estimate of drug-likeness (QED) is 0.450. The van der Waals surface area contributed by atoms with Crippen LogP contribution in [0.1, 0.15) is 46.0 Å². The lowest BCUT2D eigenvalue weighted by molar-refractivity contribution is 0.637. The molecular formula is C9H17NS. The smallest absolute Gasteiger partial charge is 0.133 e. The SMILES string of the molecule is CCCCCC(CC)SC#N. The summed E-state index contributed by atoms with van der Waals surface area (Å²) < 4.78 is 0. The van der Waals surface area contributed by atoms with Crippen LogP contribution in [0, 0.1) is 10.7 Å². The van der Waals surface area contributed by atoms with Gasteiger partial charge in [0.25, 0.3) is 0 Å². The zero-order valence-corrected chi connectivity index (χ0v) is 8.28. The van der Waals surface area contributed by atoms with Gasteiger partial charge in [-0.2, -0.15) is 5.26 Å². The van der Waals surface area contributed by atoms with Crippen molar-refractivity contribution in [3.63, 3.8) is 0 Å². The Morgan fingerprint density at radius 3 is 2.55 bits per heavy atom. The molecule has 0 amide bonds. The Morgan fingerprint density at radius 1 is 1.36 bits per heavy atom. The zero-order chi connectivity index (χ0) is 8.53. The first-order valence-electron chi connectivity index (χ1n) is 4.39. The Balaban J connectivity index is 3.30. The van der Waals surface area contributed by atoms with E-state index in [4.69, 9.17) is 5.26 Å². The van der Waals surface area contributed by atoms with E-state index in [0.29, 0.717) is 5.25 Å². The van der Waals surface area contributed by atoms with Gasteiger partial charge >= 0.3 is 0 Å². The standard InChI is InChI=1S/C9H17NS/c1-3-5-6-7-9(4-2)11-8-10/h9H,3-7H2,1-2H3. The van der Waals surface area contributed by atoms with E-state index in [1.54, 1.807) is 0 Å². The summed E-state index contributed by atoms with van der Waals surface area (Å²) in [5, 5.41) is 11.2. The van der Waals surface area contributed by atoms with E-state index in [1.807, 2.05) is 0 Å². The highest BCUT2D eigenvalue weighted by Gasteiger charge is 2.04. The van der Waals surface area contributed by atoms with E-state index in [9.17, 15) is 0 Å². The Kier molecular flexibility index (Phi) is 7.83. The van der Waals surface area contributed by atoms with Crippen LogP contribution >= 0.6 is 11.8 Å². The van der Waals surface area contributed by atoms with Crippen LogP contribution in [0.25, 0.3) is 0 Å². The zero-order valence-electron chi connectivity index (χ0n) is 7.47. The minimum Gasteiger partial charge on any atom is -0.185 e. The summed E-state index contributed by atoms with van der Waals surface area (Å²) in [6.07, 6.45) is 6.20. The summed E-state index contributed by atoms with van der Waals surface area (Å²) in [7, 11) is 0.